The summed E-state index contributed by atoms with van der Waals surface area (Å²) in [5.41, 5.74) is -0.630. The molecule has 0 spiro atoms. The van der Waals surface area contributed by atoms with Crippen molar-refractivity contribution in [1.29, 1.82) is 0 Å². The highest BCUT2D eigenvalue weighted by Crippen LogP contribution is 2.16. The Hall–Kier alpha value is -2.02. The number of ether oxygens (including phenoxy) is 1. The van der Waals surface area contributed by atoms with E-state index in [0.29, 0.717) is 19.6 Å². The molecule has 6 nitrogen and oxygen atoms in total. The minimum atomic E-state index is -0.777. The molecule has 0 aliphatic carbocycles. The summed E-state index contributed by atoms with van der Waals surface area (Å²) in [6.45, 7) is 4.83. The fraction of sp³-hybridized carbons (Fsp3) is 0.500. The molecule has 1 N–H and O–H groups in total. The van der Waals surface area contributed by atoms with Gasteiger partial charge in [-0.15, -0.1) is 0 Å². The summed E-state index contributed by atoms with van der Waals surface area (Å²) in [5.74, 6) is -1.43. The molecule has 0 bridgehead atoms. The lowest BCUT2D eigenvalue weighted by Crippen LogP contribution is -2.25. The molecule has 0 fully saturated rings. The van der Waals surface area contributed by atoms with Crippen LogP contribution in [0.3, 0.4) is 0 Å². The third-order valence-electron chi connectivity index (χ3n) is 2.71. The fourth-order valence-electron chi connectivity index (χ4n) is 1.64. The van der Waals surface area contributed by atoms with Crippen LogP contribution in [0.25, 0.3) is 0 Å². The zero-order valence-electron chi connectivity index (χ0n) is 12.1. The highest BCUT2D eigenvalue weighted by atomic mass is 19.1. The van der Waals surface area contributed by atoms with Gasteiger partial charge in [-0.1, -0.05) is 0 Å². The Kier molecular flexibility index (Phi) is 6.74. The molecule has 0 aliphatic heterocycles. The number of hydrogen-bond donors (Lipinski definition) is 1. The summed E-state index contributed by atoms with van der Waals surface area (Å²) >= 11 is 0. The van der Waals surface area contributed by atoms with Crippen molar-refractivity contribution in [3.8, 4) is 0 Å². The van der Waals surface area contributed by atoms with E-state index in [2.05, 4.69) is 5.32 Å². The SMILES string of the molecule is CC(C)OCCCCNC(=O)c1cc([N+](=O)[O-])ccc1F. The normalized spacial score (nSPS) is 10.7. The Morgan fingerprint density at radius 1 is 1.43 bits per heavy atom. The minimum absolute atomic E-state index is 0.165. The zero-order valence-corrected chi connectivity index (χ0v) is 12.1. The van der Waals surface area contributed by atoms with E-state index in [1.807, 2.05) is 13.8 Å². The maximum Gasteiger partial charge on any atom is 0.270 e. The average molecular weight is 298 g/mol. The van der Waals surface area contributed by atoms with Crippen molar-refractivity contribution in [2.24, 2.45) is 0 Å². The molecule has 1 rings (SSSR count). The molecule has 1 aromatic carbocycles. The molecule has 1 amide bonds. The average Bonchev–Trinajstić information content (AvgIpc) is 2.42. The Balaban J connectivity index is 2.45. The topological polar surface area (TPSA) is 81.5 Å². The summed E-state index contributed by atoms with van der Waals surface area (Å²) < 4.78 is 18.8. The van der Waals surface area contributed by atoms with Crippen molar-refractivity contribution in [3.05, 3.63) is 39.7 Å². The fourth-order valence-corrected chi connectivity index (χ4v) is 1.64. The maximum absolute atomic E-state index is 13.5. The number of nitrogens with one attached hydrogen (secondary N) is 1. The lowest BCUT2D eigenvalue weighted by molar-refractivity contribution is -0.384. The van der Waals surface area contributed by atoms with Gasteiger partial charge in [0.1, 0.15) is 5.82 Å². The molecule has 0 unspecified atom stereocenters. The monoisotopic (exact) mass is 298 g/mol. The van der Waals surface area contributed by atoms with E-state index in [9.17, 15) is 19.3 Å². The van der Waals surface area contributed by atoms with Crippen LogP contribution in [-0.4, -0.2) is 30.1 Å². The number of nitro benzene ring substituents is 1. The van der Waals surface area contributed by atoms with E-state index in [4.69, 9.17) is 4.74 Å². The van der Waals surface area contributed by atoms with Gasteiger partial charge < -0.3 is 10.1 Å². The number of carbonyl (C=O) groups excluding carboxylic acids is 1. The smallest absolute Gasteiger partial charge is 0.270 e. The molecule has 0 radical (unpaired) electrons. The molecule has 21 heavy (non-hydrogen) atoms. The third-order valence-corrected chi connectivity index (χ3v) is 2.71. The van der Waals surface area contributed by atoms with Crippen LogP contribution >= 0.6 is 0 Å². The molecule has 0 saturated heterocycles. The van der Waals surface area contributed by atoms with Crippen LogP contribution in [0.2, 0.25) is 0 Å². The molecule has 1 aromatic rings. The molecule has 7 heteroatoms. The number of amides is 1. The molecule has 0 aromatic heterocycles. The van der Waals surface area contributed by atoms with E-state index >= 15 is 0 Å². The van der Waals surface area contributed by atoms with Gasteiger partial charge in [-0.05, 0) is 32.8 Å². The Morgan fingerprint density at radius 3 is 2.76 bits per heavy atom. The Bertz CT molecular complexity index is 506. The van der Waals surface area contributed by atoms with Gasteiger partial charge in [-0.3, -0.25) is 14.9 Å². The van der Waals surface area contributed by atoms with Crippen LogP contribution in [0.1, 0.15) is 37.0 Å². The van der Waals surface area contributed by atoms with Crippen LogP contribution in [0.5, 0.6) is 0 Å². The van der Waals surface area contributed by atoms with E-state index in [1.54, 1.807) is 0 Å². The van der Waals surface area contributed by atoms with Gasteiger partial charge in [0, 0.05) is 25.3 Å². The first-order valence-electron chi connectivity index (χ1n) is 6.75. The molecule has 116 valence electrons. The first kappa shape index (κ1) is 17.0. The van der Waals surface area contributed by atoms with Crippen molar-refractivity contribution >= 4 is 11.6 Å². The summed E-state index contributed by atoms with van der Waals surface area (Å²) in [5, 5.41) is 13.1. The second kappa shape index (κ2) is 8.31. The largest absolute Gasteiger partial charge is 0.379 e. The number of hydrogen-bond acceptors (Lipinski definition) is 4. The number of non-ortho nitro benzene ring substituents is 1. The van der Waals surface area contributed by atoms with Crippen molar-refractivity contribution in [2.75, 3.05) is 13.2 Å². The molecule has 0 saturated carbocycles. The quantitative estimate of drug-likeness (QED) is 0.454. The molecular formula is C14H19FN2O4. The number of halogens is 1. The minimum Gasteiger partial charge on any atom is -0.379 e. The van der Waals surface area contributed by atoms with Gasteiger partial charge in [-0.2, -0.15) is 0 Å². The highest BCUT2D eigenvalue weighted by Gasteiger charge is 2.16. The number of rotatable bonds is 8. The van der Waals surface area contributed by atoms with Crippen molar-refractivity contribution in [2.45, 2.75) is 32.8 Å². The summed E-state index contributed by atoms with van der Waals surface area (Å²) in [6, 6.07) is 2.88. The van der Waals surface area contributed by atoms with E-state index in [1.165, 1.54) is 0 Å². The molecular weight excluding hydrogens is 279 g/mol. The van der Waals surface area contributed by atoms with E-state index in [0.717, 1.165) is 24.6 Å². The number of nitro groups is 1. The second-order valence-corrected chi connectivity index (χ2v) is 4.80. The summed E-state index contributed by atoms with van der Waals surface area (Å²) in [4.78, 5) is 21.7. The van der Waals surface area contributed by atoms with Crippen LogP contribution in [0.15, 0.2) is 18.2 Å². The lowest BCUT2D eigenvalue weighted by Gasteiger charge is -2.08. The molecule has 0 aliphatic rings. The maximum atomic E-state index is 13.5. The molecule has 0 heterocycles. The Morgan fingerprint density at radius 2 is 2.14 bits per heavy atom. The van der Waals surface area contributed by atoms with Gasteiger partial charge in [0.05, 0.1) is 16.6 Å². The highest BCUT2D eigenvalue weighted by molar-refractivity contribution is 5.95. The van der Waals surface area contributed by atoms with Crippen molar-refractivity contribution < 1.29 is 18.8 Å². The molecule has 0 atom stereocenters. The van der Waals surface area contributed by atoms with Crippen molar-refractivity contribution in [1.82, 2.24) is 5.32 Å². The zero-order chi connectivity index (χ0) is 15.8. The predicted molar refractivity (Wildman–Crippen MR) is 75.7 cm³/mol. The van der Waals surface area contributed by atoms with Crippen LogP contribution in [0.4, 0.5) is 10.1 Å². The van der Waals surface area contributed by atoms with Gasteiger partial charge in [0.2, 0.25) is 0 Å². The number of unbranched alkanes of at least 4 members (excludes halogenated alkanes) is 1. The summed E-state index contributed by atoms with van der Waals surface area (Å²) in [6.07, 6.45) is 1.63. The Labute approximate surface area is 122 Å². The number of benzene rings is 1. The lowest BCUT2D eigenvalue weighted by atomic mass is 10.1. The van der Waals surface area contributed by atoms with Gasteiger partial charge >= 0.3 is 0 Å². The number of nitrogens with zero attached hydrogens (tertiary/aromatic N) is 1. The first-order valence-corrected chi connectivity index (χ1v) is 6.75. The summed E-state index contributed by atoms with van der Waals surface area (Å²) in [7, 11) is 0. The standard InChI is InChI=1S/C14H19FN2O4/c1-10(2)21-8-4-3-7-16-14(18)12-9-11(17(19)20)5-6-13(12)15/h5-6,9-10H,3-4,7-8H2,1-2H3,(H,16,18). The predicted octanol–water partition coefficient (Wildman–Crippen LogP) is 2.67. The van der Waals surface area contributed by atoms with Gasteiger partial charge in [0.15, 0.2) is 0 Å². The second-order valence-electron chi connectivity index (χ2n) is 4.80. The van der Waals surface area contributed by atoms with Gasteiger partial charge in [-0.25, -0.2) is 4.39 Å². The van der Waals surface area contributed by atoms with Crippen LogP contribution in [0, 0.1) is 15.9 Å². The van der Waals surface area contributed by atoms with Gasteiger partial charge in [0.25, 0.3) is 11.6 Å². The van der Waals surface area contributed by atoms with Crippen LogP contribution < -0.4 is 5.32 Å². The van der Waals surface area contributed by atoms with E-state index in [-0.39, 0.29) is 17.4 Å². The first-order chi connectivity index (χ1) is 9.91. The van der Waals surface area contributed by atoms with Crippen LogP contribution in [-0.2, 0) is 4.74 Å². The van der Waals surface area contributed by atoms with E-state index < -0.39 is 16.6 Å². The number of carbonyl (C=O) groups is 1. The van der Waals surface area contributed by atoms with Crippen molar-refractivity contribution in [3.63, 3.8) is 0 Å². The third kappa shape index (κ3) is 5.86.